The van der Waals surface area contributed by atoms with Crippen molar-refractivity contribution in [3.05, 3.63) is 29.2 Å². The Morgan fingerprint density at radius 3 is 2.50 bits per heavy atom. The number of hydrogen-bond donors (Lipinski definition) is 1. The third-order valence-corrected chi connectivity index (χ3v) is 1.72. The molecule has 0 amide bonds. The molecule has 4 nitrogen and oxygen atoms in total. The van der Waals surface area contributed by atoms with Gasteiger partial charge >= 0.3 is 45.8 Å². The maximum absolute atomic E-state index is 10.9. The van der Waals surface area contributed by atoms with E-state index in [1.165, 1.54) is 12.1 Å². The van der Waals surface area contributed by atoms with Gasteiger partial charge in [0, 0.05) is 0 Å². The van der Waals surface area contributed by atoms with Crippen molar-refractivity contribution >= 4 is 11.9 Å². The largest absolute Gasteiger partial charge is 1.00 e. The summed E-state index contributed by atoms with van der Waals surface area (Å²) < 4.78 is -0.350. The van der Waals surface area contributed by atoms with Crippen LogP contribution in [0.1, 0.15) is 0 Å². The van der Waals surface area contributed by atoms with Crippen LogP contribution in [0.15, 0.2) is 29.2 Å². The first-order chi connectivity index (χ1) is 5.20. The van der Waals surface area contributed by atoms with Crippen molar-refractivity contribution in [3.63, 3.8) is 0 Å². The molecule has 1 rings (SSSR count). The minimum Gasteiger partial charge on any atom is -0.872 e. The molecule has 0 aliphatic rings. The van der Waals surface area contributed by atoms with E-state index in [2.05, 4.69) is 0 Å². The van der Waals surface area contributed by atoms with E-state index >= 15 is 0 Å². The zero-order chi connectivity index (χ0) is 8.27. The summed E-state index contributed by atoms with van der Waals surface area (Å²) in [6.07, 6.45) is 0. The molecular formula is C6H5NNaO3S+. The van der Waals surface area contributed by atoms with Crippen molar-refractivity contribution in [2.45, 2.75) is 4.90 Å². The fourth-order valence-corrected chi connectivity index (χ4v) is 1.08. The molecule has 0 radical (unpaired) electrons. The fourth-order valence-electron chi connectivity index (χ4n) is 0.610. The van der Waals surface area contributed by atoms with Crippen LogP contribution in [0, 0.1) is 4.91 Å². The molecule has 6 heteroatoms. The van der Waals surface area contributed by atoms with E-state index in [4.69, 9.17) is 5.21 Å². The summed E-state index contributed by atoms with van der Waals surface area (Å²) >= 11 is 0.446. The van der Waals surface area contributed by atoms with Crippen LogP contribution in [0.2, 0.25) is 0 Å². The van der Waals surface area contributed by atoms with Crippen molar-refractivity contribution in [3.8, 4) is 5.75 Å². The first-order valence-corrected chi connectivity index (χ1v) is 3.57. The maximum Gasteiger partial charge on any atom is 1.00 e. The molecule has 0 aliphatic heterocycles. The zero-order valence-electron chi connectivity index (χ0n) is 6.43. The molecule has 0 atom stereocenters. The number of benzene rings is 1. The van der Waals surface area contributed by atoms with Crippen LogP contribution in [0.3, 0.4) is 0 Å². The molecule has 0 spiro atoms. The van der Waals surface area contributed by atoms with Gasteiger partial charge < -0.3 is 5.11 Å². The standard InChI is InChI=1S/C6H5NO3S.Na/c8-5-3-1-2-4-6(5)11-7(9)10;/h1-4H,(H-,8,9,10);/q;+1. The predicted octanol–water partition coefficient (Wildman–Crippen LogP) is -2.06. The smallest absolute Gasteiger partial charge is 0.872 e. The molecular weight excluding hydrogens is 189 g/mol. The molecule has 12 heavy (non-hydrogen) atoms. The van der Waals surface area contributed by atoms with Gasteiger partial charge in [-0.05, 0) is 6.07 Å². The number of nitrogens with zero attached hydrogens (tertiary/aromatic N) is 1. The van der Waals surface area contributed by atoms with E-state index in [0.717, 1.165) is 0 Å². The molecule has 0 unspecified atom stereocenters. The van der Waals surface area contributed by atoms with Gasteiger partial charge in [-0.15, -0.1) is 0 Å². The average Bonchev–Trinajstić information content (AvgIpc) is 1.93. The van der Waals surface area contributed by atoms with Gasteiger partial charge in [0.05, 0.1) is 9.80 Å². The van der Waals surface area contributed by atoms with E-state index in [-0.39, 0.29) is 44.5 Å². The summed E-state index contributed by atoms with van der Waals surface area (Å²) in [5, 5.41) is 19.1. The average molecular weight is 194 g/mol. The SMILES string of the molecule is O=[N+](O)Sc1ccccc1[O-].[Na+]. The number of para-hydroxylation sites is 1. The maximum atomic E-state index is 10.9. The minimum absolute atomic E-state index is 0. The van der Waals surface area contributed by atoms with Crippen LogP contribution in [-0.4, -0.2) is 9.54 Å². The molecule has 0 saturated heterocycles. The Hall–Kier alpha value is -0.230. The van der Waals surface area contributed by atoms with Crippen molar-refractivity contribution in [2.24, 2.45) is 0 Å². The van der Waals surface area contributed by atoms with Gasteiger partial charge in [0.25, 0.3) is 0 Å². The normalized spacial score (nSPS) is 8.67. The Bertz CT molecular complexity index is 281. The molecule has 58 valence electrons. The van der Waals surface area contributed by atoms with Gasteiger partial charge in [-0.25, -0.2) is 5.21 Å². The van der Waals surface area contributed by atoms with Crippen LogP contribution in [-0.2, 0) is 0 Å². The summed E-state index contributed by atoms with van der Waals surface area (Å²) in [5.74, 6) is -0.271. The van der Waals surface area contributed by atoms with Crippen LogP contribution in [0.25, 0.3) is 0 Å². The second kappa shape index (κ2) is 5.42. The van der Waals surface area contributed by atoms with E-state index in [1.807, 2.05) is 0 Å². The first kappa shape index (κ1) is 11.8. The molecule has 0 bridgehead atoms. The monoisotopic (exact) mass is 194 g/mol. The Morgan fingerprint density at radius 2 is 2.00 bits per heavy atom. The van der Waals surface area contributed by atoms with Crippen LogP contribution in [0.4, 0.5) is 0 Å². The summed E-state index contributed by atoms with van der Waals surface area (Å²) in [6, 6.07) is 5.98. The number of rotatable bonds is 2. The topological polar surface area (TPSA) is 63.4 Å². The van der Waals surface area contributed by atoms with Gasteiger partial charge in [-0.2, -0.15) is 0 Å². The third-order valence-electron chi connectivity index (χ3n) is 1.03. The van der Waals surface area contributed by atoms with Gasteiger partial charge in [0.1, 0.15) is 0 Å². The van der Waals surface area contributed by atoms with Crippen molar-refractivity contribution in [1.29, 1.82) is 0 Å². The zero-order valence-corrected chi connectivity index (χ0v) is 9.25. The summed E-state index contributed by atoms with van der Waals surface area (Å²) in [4.78, 5) is 10.3. The summed E-state index contributed by atoms with van der Waals surface area (Å²) in [7, 11) is 0. The summed E-state index contributed by atoms with van der Waals surface area (Å²) in [5.41, 5.74) is 0. The second-order valence-corrected chi connectivity index (χ2v) is 2.71. The Labute approximate surface area is 95.6 Å². The molecule has 0 fully saturated rings. The van der Waals surface area contributed by atoms with Gasteiger partial charge in [-0.3, -0.25) is 0 Å². The molecule has 0 heterocycles. The van der Waals surface area contributed by atoms with E-state index in [9.17, 15) is 10.0 Å². The fraction of sp³-hybridized carbons (Fsp3) is 0. The molecule has 0 aromatic heterocycles. The van der Waals surface area contributed by atoms with E-state index in [1.54, 1.807) is 12.1 Å². The molecule has 1 N–H and O–H groups in total. The van der Waals surface area contributed by atoms with E-state index in [0.29, 0.717) is 11.9 Å². The Balaban J connectivity index is 0.00000121. The molecule has 0 saturated carbocycles. The third kappa shape index (κ3) is 3.44. The molecule has 1 aromatic carbocycles. The van der Waals surface area contributed by atoms with Crippen LogP contribution >= 0.6 is 11.9 Å². The van der Waals surface area contributed by atoms with Crippen molar-refractivity contribution < 1.29 is 44.2 Å². The predicted molar refractivity (Wildman–Crippen MR) is 37.2 cm³/mol. The summed E-state index contributed by atoms with van der Waals surface area (Å²) in [6.45, 7) is 0. The van der Waals surface area contributed by atoms with Crippen molar-refractivity contribution in [1.82, 2.24) is 0 Å². The Kier molecular flexibility index (Phi) is 5.32. The van der Waals surface area contributed by atoms with Crippen LogP contribution < -0.4 is 34.7 Å². The van der Waals surface area contributed by atoms with E-state index < -0.39 is 0 Å². The first-order valence-electron chi connectivity index (χ1n) is 2.80. The Morgan fingerprint density at radius 1 is 1.42 bits per heavy atom. The molecule has 1 aromatic rings. The van der Waals surface area contributed by atoms with Crippen molar-refractivity contribution in [2.75, 3.05) is 0 Å². The second-order valence-electron chi connectivity index (χ2n) is 1.78. The van der Waals surface area contributed by atoms with Gasteiger partial charge in [-0.1, -0.05) is 23.9 Å². The molecule has 0 aliphatic carbocycles. The van der Waals surface area contributed by atoms with Crippen LogP contribution in [0.5, 0.6) is 5.75 Å². The minimum atomic E-state index is -0.350. The van der Waals surface area contributed by atoms with Gasteiger partial charge in [0.15, 0.2) is 0 Å². The number of hydrogen-bond acceptors (Lipinski definition) is 3. The van der Waals surface area contributed by atoms with Gasteiger partial charge in [0.2, 0.25) is 0 Å². The quantitative estimate of drug-likeness (QED) is 0.334.